The number of halogens is 1. The largest absolute Gasteiger partial charge is 0.491 e. The molecule has 0 unspecified atom stereocenters. The van der Waals surface area contributed by atoms with Crippen LogP contribution in [0.25, 0.3) is 0 Å². The van der Waals surface area contributed by atoms with E-state index in [1.54, 1.807) is 19.2 Å². The molecule has 2 aliphatic heterocycles. The van der Waals surface area contributed by atoms with Gasteiger partial charge in [0.1, 0.15) is 15.7 Å². The van der Waals surface area contributed by atoms with E-state index in [0.717, 1.165) is 54.9 Å². The molecule has 2 bridgehead atoms. The number of nitrogens with zero attached hydrogens (tertiary/aromatic N) is 2. The number of carbonyl (C=O) groups excluding carboxylic acids is 2. The van der Waals surface area contributed by atoms with Crippen molar-refractivity contribution in [2.24, 2.45) is 22.1 Å². The summed E-state index contributed by atoms with van der Waals surface area (Å²) in [6.45, 7) is 5.75. The molecule has 1 aromatic heterocycles. The van der Waals surface area contributed by atoms with Crippen molar-refractivity contribution in [3.63, 3.8) is 0 Å². The Morgan fingerprint density at radius 3 is 2.75 bits per heavy atom. The number of nitrogens with one attached hydrogen (secondary N) is 1. The fraction of sp³-hybridized carbons (Fsp3) is 0.459. The summed E-state index contributed by atoms with van der Waals surface area (Å²) in [7, 11) is -1.72. The monoisotopic (exact) mass is 709 g/mol. The summed E-state index contributed by atoms with van der Waals surface area (Å²) in [6, 6.07) is 13.2. The average molecular weight is 710 g/mol. The third-order valence-electron chi connectivity index (χ3n) is 9.61. The first-order valence-electron chi connectivity index (χ1n) is 16.8. The zero-order valence-electron chi connectivity index (χ0n) is 27.8. The van der Waals surface area contributed by atoms with Gasteiger partial charge >= 0.3 is 0 Å². The molecule has 1 aliphatic carbocycles. The number of carbonyl (C=O) groups is 2. The van der Waals surface area contributed by atoms with E-state index < -0.39 is 21.7 Å². The fourth-order valence-electron chi connectivity index (χ4n) is 6.92. The highest BCUT2D eigenvalue weighted by Gasteiger charge is 2.38. The minimum absolute atomic E-state index is 0.0302. The van der Waals surface area contributed by atoms with Crippen molar-refractivity contribution < 1.29 is 23.3 Å². The van der Waals surface area contributed by atoms with Crippen LogP contribution in [-0.2, 0) is 27.6 Å². The van der Waals surface area contributed by atoms with E-state index in [1.807, 2.05) is 37.4 Å². The Morgan fingerprint density at radius 1 is 1.15 bits per heavy atom. The maximum atomic E-state index is 14.4. The molecule has 48 heavy (non-hydrogen) atoms. The third kappa shape index (κ3) is 8.16. The van der Waals surface area contributed by atoms with Gasteiger partial charge in [0.15, 0.2) is 0 Å². The van der Waals surface area contributed by atoms with Crippen molar-refractivity contribution in [2.45, 2.75) is 65.0 Å². The highest BCUT2D eigenvalue weighted by atomic mass is 35.5. The summed E-state index contributed by atoms with van der Waals surface area (Å²) in [5.41, 5.74) is 4.42. The second-order valence-corrected chi connectivity index (χ2v) is 16.7. The van der Waals surface area contributed by atoms with Crippen LogP contribution in [0.1, 0.15) is 75.7 Å². The number of fused-ring (bicyclic) bond motifs is 3. The predicted molar refractivity (Wildman–Crippen MR) is 194 cm³/mol. The summed E-state index contributed by atoms with van der Waals surface area (Å²) >= 11 is 7.73. The Kier molecular flexibility index (Phi) is 10.9. The number of ether oxygens (including phenoxy) is 2. The Morgan fingerprint density at radius 2 is 2.00 bits per heavy atom. The van der Waals surface area contributed by atoms with E-state index in [4.69, 9.17) is 21.1 Å². The lowest BCUT2D eigenvalue weighted by Gasteiger charge is -2.43. The summed E-state index contributed by atoms with van der Waals surface area (Å²) in [5, 5.41) is 2.58. The minimum atomic E-state index is -3.48. The quantitative estimate of drug-likeness (QED) is 0.277. The number of rotatable bonds is 3. The van der Waals surface area contributed by atoms with Crippen molar-refractivity contribution in [2.75, 3.05) is 30.9 Å². The number of hydrogen-bond donors (Lipinski definition) is 1. The van der Waals surface area contributed by atoms with E-state index in [2.05, 4.69) is 38.3 Å². The Balaban J connectivity index is 1.45. The van der Waals surface area contributed by atoms with Crippen LogP contribution >= 0.6 is 22.9 Å². The fourth-order valence-corrected chi connectivity index (χ4v) is 9.86. The van der Waals surface area contributed by atoms with E-state index in [0.29, 0.717) is 47.6 Å². The van der Waals surface area contributed by atoms with Gasteiger partial charge < -0.3 is 14.4 Å². The normalized spacial score (nSPS) is 27.2. The van der Waals surface area contributed by atoms with Gasteiger partial charge in [0, 0.05) is 30.8 Å². The molecule has 1 fully saturated rings. The molecule has 3 heterocycles. The van der Waals surface area contributed by atoms with E-state index >= 15 is 0 Å². The second-order valence-electron chi connectivity index (χ2n) is 13.4. The van der Waals surface area contributed by atoms with Gasteiger partial charge in [-0.3, -0.25) is 14.3 Å². The van der Waals surface area contributed by atoms with Crippen LogP contribution in [0, 0.1) is 24.7 Å². The molecule has 0 saturated heterocycles. The first-order chi connectivity index (χ1) is 23.1. The Hall–Kier alpha value is -3.18. The van der Waals surface area contributed by atoms with Crippen LogP contribution in [0.5, 0.6) is 5.75 Å². The van der Waals surface area contributed by atoms with Gasteiger partial charge in [-0.05, 0) is 122 Å². The predicted octanol–water partition coefficient (Wildman–Crippen LogP) is 8.02. The number of aryl methyl sites for hydroxylation is 2. The third-order valence-corrected chi connectivity index (χ3v) is 12.9. The Labute approximate surface area is 293 Å². The van der Waals surface area contributed by atoms with Gasteiger partial charge in [-0.15, -0.1) is 15.7 Å². The number of hydrogen-bond acceptors (Lipinski definition) is 7. The minimum Gasteiger partial charge on any atom is -0.491 e. The van der Waals surface area contributed by atoms with Crippen LogP contribution in [0.2, 0.25) is 5.02 Å². The smallest absolute Gasteiger partial charge is 0.286 e. The molecule has 2 aromatic carbocycles. The first kappa shape index (κ1) is 34.7. The molecular formula is C37H44ClN3O5S2. The number of methoxy groups -OCH3 is 1. The summed E-state index contributed by atoms with van der Waals surface area (Å²) < 4.78 is 33.7. The topological polar surface area (TPSA) is 97.3 Å². The molecule has 11 heteroatoms. The lowest BCUT2D eigenvalue weighted by molar-refractivity contribution is 0.0133. The van der Waals surface area contributed by atoms with Gasteiger partial charge in [0.05, 0.1) is 29.0 Å². The summed E-state index contributed by atoms with van der Waals surface area (Å²) in [6.07, 6.45) is 9.62. The van der Waals surface area contributed by atoms with Crippen LogP contribution < -0.4 is 14.4 Å². The molecule has 0 spiro atoms. The molecule has 2 amide bonds. The Bertz CT molecular complexity index is 1810. The van der Waals surface area contributed by atoms with Crippen LogP contribution in [0.4, 0.5) is 5.69 Å². The highest BCUT2D eigenvalue weighted by Crippen LogP contribution is 2.42. The molecule has 1 N–H and O–H groups in total. The summed E-state index contributed by atoms with van der Waals surface area (Å²) in [4.78, 5) is 29.9. The maximum Gasteiger partial charge on any atom is 0.286 e. The molecule has 0 radical (unpaired) electrons. The SMILES string of the molecule is CO[C@H]1/C=C/C[C@H](C)C[S@@](=O)(NC(=O)c2cc(C)cs2)=NC(=O)c2ccc3c(c2)N(Cc2ccc(Cl)cc2CCCCO3)C[C@@H]2CC[C@H]21. The standard InChI is InChI=1S/C37H44ClN3O5S2/c1-24-7-6-9-33(45-3)31-14-11-29(31)21-41-20-28-10-13-30(38)18-26(28)8-4-5-16-46-34-15-12-27(19-32(34)41)36(42)39-48(44,23-24)40-37(43)35-17-25(2)22-47-35/h6,9-10,12-13,15,17-19,22,24,29,31,33H,4-5,7-8,11,14,16,20-21,23H2,1-3H3,(H,39,40,42,43,44)/b9-6+/t24-,29-,31+,33-,48-/m0/s1. The molecule has 5 atom stereocenters. The molecular weight excluding hydrogens is 666 g/mol. The van der Waals surface area contributed by atoms with E-state index in [1.165, 1.54) is 22.5 Å². The lowest BCUT2D eigenvalue weighted by Crippen LogP contribution is -2.43. The molecule has 3 aliphatic rings. The van der Waals surface area contributed by atoms with Gasteiger partial charge in [-0.1, -0.05) is 36.7 Å². The van der Waals surface area contributed by atoms with Crippen LogP contribution in [0.3, 0.4) is 0 Å². The van der Waals surface area contributed by atoms with E-state index in [-0.39, 0.29) is 17.8 Å². The van der Waals surface area contributed by atoms with Crippen LogP contribution in [0.15, 0.2) is 64.4 Å². The van der Waals surface area contributed by atoms with Gasteiger partial charge in [0.25, 0.3) is 11.8 Å². The van der Waals surface area contributed by atoms with Crippen molar-refractivity contribution in [3.05, 3.63) is 92.2 Å². The number of benzene rings is 2. The number of amides is 2. The lowest BCUT2D eigenvalue weighted by atomic mass is 9.70. The van der Waals surface area contributed by atoms with Gasteiger partial charge in [0.2, 0.25) is 0 Å². The molecule has 256 valence electrons. The number of anilines is 1. The van der Waals surface area contributed by atoms with Crippen molar-refractivity contribution in [3.8, 4) is 5.75 Å². The molecule has 3 aromatic rings. The molecule has 1 saturated carbocycles. The van der Waals surface area contributed by atoms with Crippen molar-refractivity contribution in [1.29, 1.82) is 0 Å². The zero-order chi connectivity index (χ0) is 33.8. The maximum absolute atomic E-state index is 14.4. The van der Waals surface area contributed by atoms with Gasteiger partial charge in [-0.25, -0.2) is 4.21 Å². The first-order valence-corrected chi connectivity index (χ1v) is 19.7. The number of allylic oxidation sites excluding steroid dienone is 1. The van der Waals surface area contributed by atoms with Crippen LogP contribution in [-0.4, -0.2) is 48.1 Å². The second kappa shape index (κ2) is 15.2. The summed E-state index contributed by atoms with van der Waals surface area (Å²) in [5.74, 6) is 0.173. The number of thiophene rings is 1. The zero-order valence-corrected chi connectivity index (χ0v) is 30.2. The average Bonchev–Trinajstić information content (AvgIpc) is 3.47. The highest BCUT2D eigenvalue weighted by molar-refractivity contribution is 7.92. The van der Waals surface area contributed by atoms with Crippen molar-refractivity contribution in [1.82, 2.24) is 4.72 Å². The molecule has 6 rings (SSSR count). The molecule has 8 nitrogen and oxygen atoms in total. The van der Waals surface area contributed by atoms with Gasteiger partial charge in [-0.2, -0.15) is 0 Å². The van der Waals surface area contributed by atoms with Crippen molar-refractivity contribution >= 4 is 50.4 Å². The van der Waals surface area contributed by atoms with E-state index in [9.17, 15) is 13.8 Å².